The van der Waals surface area contributed by atoms with E-state index in [1.807, 2.05) is 13.8 Å². The summed E-state index contributed by atoms with van der Waals surface area (Å²) < 4.78 is 0. The van der Waals surface area contributed by atoms with Crippen molar-refractivity contribution in [3.63, 3.8) is 0 Å². The maximum atomic E-state index is 11.5. The van der Waals surface area contributed by atoms with E-state index >= 15 is 0 Å². The van der Waals surface area contributed by atoms with Crippen LogP contribution in [0, 0.1) is 0 Å². The lowest BCUT2D eigenvalue weighted by molar-refractivity contribution is -0.119. The van der Waals surface area contributed by atoms with Crippen molar-refractivity contribution in [2.45, 2.75) is 52.5 Å². The number of guanidine groups is 1. The second kappa shape index (κ2) is 11.9. The van der Waals surface area contributed by atoms with Gasteiger partial charge >= 0.3 is 0 Å². The minimum Gasteiger partial charge on any atom is -0.357 e. The summed E-state index contributed by atoms with van der Waals surface area (Å²) in [5.41, 5.74) is 0.0856. The molecule has 136 valence electrons. The summed E-state index contributed by atoms with van der Waals surface area (Å²) in [4.78, 5) is 18.4. The number of nitrogens with one attached hydrogen (secondary N) is 3. The Morgan fingerprint density at radius 1 is 1.04 bits per heavy atom. The molecule has 0 spiro atoms. The fourth-order valence-electron chi connectivity index (χ4n) is 2.66. The molecule has 1 aliphatic rings. The Kier molecular flexibility index (Phi) is 11.6. The van der Waals surface area contributed by atoms with Gasteiger partial charge in [0, 0.05) is 25.2 Å². The Hall–Kier alpha value is -0.570. The van der Waals surface area contributed by atoms with Crippen LogP contribution >= 0.6 is 24.0 Å². The third-order valence-corrected chi connectivity index (χ3v) is 4.00. The zero-order chi connectivity index (χ0) is 16.4. The predicted octanol–water partition coefficient (Wildman–Crippen LogP) is 1.56. The van der Waals surface area contributed by atoms with Gasteiger partial charge < -0.3 is 16.0 Å². The van der Waals surface area contributed by atoms with Gasteiger partial charge in [-0.2, -0.15) is 0 Å². The SMILES string of the molecule is CCNC(=O)CN=C(NCC)NCC(C)(C)N1CCCCC1.I. The average Bonchev–Trinajstić information content (AvgIpc) is 2.51. The molecule has 7 heteroatoms. The van der Waals surface area contributed by atoms with Gasteiger partial charge in [-0.1, -0.05) is 6.42 Å². The Morgan fingerprint density at radius 3 is 2.22 bits per heavy atom. The molecular weight excluding hydrogens is 405 g/mol. The number of hydrogen-bond acceptors (Lipinski definition) is 3. The fraction of sp³-hybridized carbons (Fsp3) is 0.875. The van der Waals surface area contributed by atoms with Gasteiger partial charge in [0.25, 0.3) is 0 Å². The number of piperidine rings is 1. The van der Waals surface area contributed by atoms with Crippen molar-refractivity contribution in [3.05, 3.63) is 0 Å². The van der Waals surface area contributed by atoms with E-state index in [0.717, 1.165) is 13.1 Å². The second-order valence-electron chi connectivity index (χ2n) is 6.36. The minimum atomic E-state index is -0.0463. The number of aliphatic imine (C=N–C) groups is 1. The summed E-state index contributed by atoms with van der Waals surface area (Å²) in [6, 6.07) is 0. The van der Waals surface area contributed by atoms with E-state index < -0.39 is 0 Å². The van der Waals surface area contributed by atoms with Crippen LogP contribution in [-0.2, 0) is 4.79 Å². The highest BCUT2D eigenvalue weighted by atomic mass is 127. The number of carbonyl (C=O) groups is 1. The van der Waals surface area contributed by atoms with Crippen LogP contribution < -0.4 is 16.0 Å². The summed E-state index contributed by atoms with van der Waals surface area (Å²) in [5.74, 6) is 0.661. The zero-order valence-electron chi connectivity index (χ0n) is 15.1. The van der Waals surface area contributed by atoms with Crippen LogP contribution in [-0.4, -0.2) is 61.6 Å². The molecule has 0 aromatic carbocycles. The molecule has 0 radical (unpaired) electrons. The van der Waals surface area contributed by atoms with Gasteiger partial charge in [0.15, 0.2) is 5.96 Å². The molecule has 0 aliphatic carbocycles. The molecule has 1 aliphatic heterocycles. The van der Waals surface area contributed by atoms with Crippen LogP contribution in [0.25, 0.3) is 0 Å². The molecule has 23 heavy (non-hydrogen) atoms. The first-order valence-electron chi connectivity index (χ1n) is 8.53. The molecule has 1 rings (SSSR count). The topological polar surface area (TPSA) is 68.8 Å². The standard InChI is InChI=1S/C16H33N5O.HI/c1-5-17-14(22)12-19-15(18-6-2)20-13-16(3,4)21-10-8-7-9-11-21;/h5-13H2,1-4H3,(H,17,22)(H2,18,19,20);1H. The fourth-order valence-corrected chi connectivity index (χ4v) is 2.66. The molecule has 6 nitrogen and oxygen atoms in total. The van der Waals surface area contributed by atoms with E-state index in [1.54, 1.807) is 0 Å². The third-order valence-electron chi connectivity index (χ3n) is 4.00. The van der Waals surface area contributed by atoms with Crippen LogP contribution in [0.4, 0.5) is 0 Å². The van der Waals surface area contributed by atoms with Crippen molar-refractivity contribution >= 4 is 35.8 Å². The lowest BCUT2D eigenvalue weighted by atomic mass is 9.98. The maximum Gasteiger partial charge on any atom is 0.241 e. The predicted molar refractivity (Wildman–Crippen MR) is 108 cm³/mol. The highest BCUT2D eigenvalue weighted by Crippen LogP contribution is 2.19. The molecule has 1 heterocycles. The molecule has 1 saturated heterocycles. The Bertz CT molecular complexity index is 367. The number of carbonyl (C=O) groups excluding carboxylic acids is 1. The molecule has 0 bridgehead atoms. The summed E-state index contributed by atoms with van der Waals surface area (Å²) in [6.45, 7) is 13.2. The maximum absolute atomic E-state index is 11.5. The lowest BCUT2D eigenvalue weighted by Gasteiger charge is -2.41. The summed E-state index contributed by atoms with van der Waals surface area (Å²) in [6.07, 6.45) is 3.92. The van der Waals surface area contributed by atoms with Crippen molar-refractivity contribution in [1.82, 2.24) is 20.9 Å². The van der Waals surface area contributed by atoms with E-state index in [-0.39, 0.29) is 42.0 Å². The molecule has 1 fully saturated rings. The largest absolute Gasteiger partial charge is 0.357 e. The van der Waals surface area contributed by atoms with Gasteiger partial charge in [-0.05, 0) is 53.6 Å². The van der Waals surface area contributed by atoms with Gasteiger partial charge in [-0.25, -0.2) is 4.99 Å². The summed E-state index contributed by atoms with van der Waals surface area (Å²) >= 11 is 0. The van der Waals surface area contributed by atoms with E-state index in [2.05, 4.69) is 39.7 Å². The zero-order valence-corrected chi connectivity index (χ0v) is 17.4. The first kappa shape index (κ1) is 22.4. The Balaban J connectivity index is 0.00000484. The number of rotatable bonds is 7. The van der Waals surface area contributed by atoms with Crippen molar-refractivity contribution in [2.24, 2.45) is 4.99 Å². The molecule has 1 amide bonds. The molecule has 0 aromatic heterocycles. The first-order chi connectivity index (χ1) is 10.5. The van der Waals surface area contributed by atoms with Crippen molar-refractivity contribution in [1.29, 1.82) is 0 Å². The molecular formula is C16H34IN5O. The van der Waals surface area contributed by atoms with Gasteiger partial charge in [0.2, 0.25) is 5.91 Å². The van der Waals surface area contributed by atoms with E-state index in [9.17, 15) is 4.79 Å². The summed E-state index contributed by atoms with van der Waals surface area (Å²) in [7, 11) is 0. The molecule has 3 N–H and O–H groups in total. The minimum absolute atomic E-state index is 0. The number of halogens is 1. The summed E-state index contributed by atoms with van der Waals surface area (Å²) in [5, 5.41) is 9.33. The quantitative estimate of drug-likeness (QED) is 0.320. The van der Waals surface area contributed by atoms with Crippen LogP contribution in [0.5, 0.6) is 0 Å². The van der Waals surface area contributed by atoms with E-state index in [0.29, 0.717) is 12.5 Å². The van der Waals surface area contributed by atoms with Crippen LogP contribution in [0.1, 0.15) is 47.0 Å². The van der Waals surface area contributed by atoms with E-state index in [4.69, 9.17) is 0 Å². The first-order valence-corrected chi connectivity index (χ1v) is 8.53. The lowest BCUT2D eigenvalue weighted by Crippen LogP contribution is -2.55. The van der Waals surface area contributed by atoms with Crippen molar-refractivity contribution in [2.75, 3.05) is 39.3 Å². The van der Waals surface area contributed by atoms with Crippen molar-refractivity contribution < 1.29 is 4.79 Å². The Labute approximate surface area is 158 Å². The molecule has 0 aromatic rings. The smallest absolute Gasteiger partial charge is 0.241 e. The van der Waals surface area contributed by atoms with Gasteiger partial charge in [0.05, 0.1) is 0 Å². The molecule has 0 atom stereocenters. The highest BCUT2D eigenvalue weighted by molar-refractivity contribution is 14.0. The molecule has 0 saturated carbocycles. The van der Waals surface area contributed by atoms with Crippen LogP contribution in [0.2, 0.25) is 0 Å². The van der Waals surface area contributed by atoms with E-state index in [1.165, 1.54) is 32.4 Å². The van der Waals surface area contributed by atoms with Crippen LogP contribution in [0.3, 0.4) is 0 Å². The second-order valence-corrected chi connectivity index (χ2v) is 6.36. The number of hydrogen-bond donors (Lipinski definition) is 3. The van der Waals surface area contributed by atoms with Crippen molar-refractivity contribution in [3.8, 4) is 0 Å². The van der Waals surface area contributed by atoms with Crippen LogP contribution in [0.15, 0.2) is 4.99 Å². The third kappa shape index (κ3) is 8.74. The normalized spacial score (nSPS) is 16.4. The number of likely N-dealkylation sites (tertiary alicyclic amines) is 1. The number of amides is 1. The number of likely N-dealkylation sites (N-methyl/N-ethyl adjacent to an activating group) is 1. The highest BCUT2D eigenvalue weighted by Gasteiger charge is 2.27. The number of nitrogens with zero attached hydrogens (tertiary/aromatic N) is 2. The van der Waals surface area contributed by atoms with Gasteiger partial charge in [-0.3, -0.25) is 9.69 Å². The van der Waals surface area contributed by atoms with Gasteiger partial charge in [-0.15, -0.1) is 24.0 Å². The molecule has 0 unspecified atom stereocenters. The monoisotopic (exact) mass is 439 g/mol. The Morgan fingerprint density at radius 2 is 1.65 bits per heavy atom. The average molecular weight is 439 g/mol. The van der Waals surface area contributed by atoms with Gasteiger partial charge in [0.1, 0.15) is 6.54 Å².